The highest BCUT2D eigenvalue weighted by Gasteiger charge is 2.19. The number of aromatic nitrogens is 3. The summed E-state index contributed by atoms with van der Waals surface area (Å²) in [6.07, 6.45) is 3.72. The van der Waals surface area contributed by atoms with E-state index in [-0.39, 0.29) is 5.56 Å². The molecule has 0 saturated carbocycles. The van der Waals surface area contributed by atoms with Crippen molar-refractivity contribution < 1.29 is 0 Å². The van der Waals surface area contributed by atoms with Crippen molar-refractivity contribution in [3.63, 3.8) is 0 Å². The molecule has 27 heavy (non-hydrogen) atoms. The number of hydrogen-bond acceptors (Lipinski definition) is 6. The first-order valence-corrected chi connectivity index (χ1v) is 9.27. The number of hydrogen-bond donors (Lipinski definition) is 3. The third kappa shape index (κ3) is 3.93. The fourth-order valence-electron chi connectivity index (χ4n) is 3.44. The maximum atomic E-state index is 12.4. The van der Waals surface area contributed by atoms with E-state index in [1.807, 2.05) is 31.2 Å². The Kier molecular flexibility index (Phi) is 4.77. The number of aromatic amines is 1. The molecule has 1 aliphatic rings. The molecule has 0 unspecified atom stereocenters. The average molecular weight is 364 g/mol. The number of aryl methyl sites for hydroxylation is 1. The zero-order valence-corrected chi connectivity index (χ0v) is 15.6. The minimum atomic E-state index is -0.200. The van der Waals surface area contributed by atoms with Crippen LogP contribution in [0.15, 0.2) is 41.3 Å². The summed E-state index contributed by atoms with van der Waals surface area (Å²) in [5.41, 5.74) is 2.45. The Morgan fingerprint density at radius 3 is 2.78 bits per heavy atom. The molecule has 0 spiro atoms. The number of anilines is 3. The fraction of sp³-hybridized carbons (Fsp3) is 0.350. The van der Waals surface area contributed by atoms with Gasteiger partial charge >= 0.3 is 0 Å². The Labute approximate surface area is 157 Å². The van der Waals surface area contributed by atoms with E-state index in [2.05, 4.69) is 37.5 Å². The SMILES string of the molecule is Cc1cccc(Nc2nc(NC3CCN(C)CC3)nc3cc[nH]c(=O)c23)c1. The van der Waals surface area contributed by atoms with Crippen LogP contribution in [0.4, 0.5) is 17.5 Å². The van der Waals surface area contributed by atoms with Crippen LogP contribution in [0.2, 0.25) is 0 Å². The molecule has 7 heteroatoms. The van der Waals surface area contributed by atoms with Crippen LogP contribution in [0.1, 0.15) is 18.4 Å². The summed E-state index contributed by atoms with van der Waals surface area (Å²) in [5, 5.41) is 7.21. The van der Waals surface area contributed by atoms with Gasteiger partial charge in [-0.15, -0.1) is 0 Å². The molecular formula is C20H24N6O. The van der Waals surface area contributed by atoms with Crippen LogP contribution in [0.3, 0.4) is 0 Å². The number of H-pyrrole nitrogens is 1. The zero-order valence-electron chi connectivity index (χ0n) is 15.6. The Morgan fingerprint density at radius 1 is 1.19 bits per heavy atom. The Morgan fingerprint density at radius 2 is 2.00 bits per heavy atom. The Balaban J connectivity index is 1.70. The molecule has 0 amide bonds. The number of likely N-dealkylation sites (tertiary alicyclic amines) is 1. The second-order valence-electron chi connectivity index (χ2n) is 7.18. The Bertz CT molecular complexity index is 1010. The zero-order chi connectivity index (χ0) is 18.8. The lowest BCUT2D eigenvalue weighted by molar-refractivity contribution is 0.263. The summed E-state index contributed by atoms with van der Waals surface area (Å²) >= 11 is 0. The molecule has 140 valence electrons. The van der Waals surface area contributed by atoms with Crippen molar-refractivity contribution in [3.05, 3.63) is 52.4 Å². The standard InChI is InChI=1S/C20H24N6O/c1-13-4-3-5-15(12-13)22-18-17-16(6-9-21-19(17)27)24-20(25-18)23-14-7-10-26(2)11-8-14/h3-6,9,12,14H,7-8,10-11H2,1-2H3,(H,21,27)(H2,22,23,24,25). The highest BCUT2D eigenvalue weighted by molar-refractivity contribution is 5.90. The number of fused-ring (bicyclic) bond motifs is 1. The summed E-state index contributed by atoms with van der Waals surface area (Å²) in [6.45, 7) is 4.14. The Hall–Kier alpha value is -2.93. The van der Waals surface area contributed by atoms with Gasteiger partial charge in [0.2, 0.25) is 5.95 Å². The second-order valence-corrected chi connectivity index (χ2v) is 7.18. The first kappa shape index (κ1) is 17.5. The van der Waals surface area contributed by atoms with Gasteiger partial charge in [0.05, 0.1) is 5.52 Å². The van der Waals surface area contributed by atoms with E-state index in [0.717, 1.165) is 37.2 Å². The van der Waals surface area contributed by atoms with Crippen molar-refractivity contribution in [2.45, 2.75) is 25.8 Å². The fourth-order valence-corrected chi connectivity index (χ4v) is 3.44. The minimum Gasteiger partial charge on any atom is -0.351 e. The maximum Gasteiger partial charge on any atom is 0.261 e. The van der Waals surface area contributed by atoms with Crippen LogP contribution >= 0.6 is 0 Å². The summed E-state index contributed by atoms with van der Waals surface area (Å²) in [4.78, 5) is 26.6. The van der Waals surface area contributed by atoms with Crippen molar-refractivity contribution >= 4 is 28.4 Å². The topological polar surface area (TPSA) is 85.9 Å². The summed E-state index contributed by atoms with van der Waals surface area (Å²) < 4.78 is 0. The molecule has 0 aliphatic carbocycles. The quantitative estimate of drug-likeness (QED) is 0.660. The van der Waals surface area contributed by atoms with Gasteiger partial charge in [-0.2, -0.15) is 4.98 Å². The van der Waals surface area contributed by atoms with Gasteiger partial charge in [0, 0.05) is 17.9 Å². The number of piperidine rings is 1. The maximum absolute atomic E-state index is 12.4. The third-order valence-electron chi connectivity index (χ3n) is 4.95. The monoisotopic (exact) mass is 364 g/mol. The molecule has 1 fully saturated rings. The lowest BCUT2D eigenvalue weighted by atomic mass is 10.1. The molecule has 0 bridgehead atoms. The first-order chi connectivity index (χ1) is 13.1. The van der Waals surface area contributed by atoms with Crippen LogP contribution in [-0.2, 0) is 0 Å². The van der Waals surface area contributed by atoms with E-state index in [0.29, 0.717) is 28.7 Å². The van der Waals surface area contributed by atoms with Crippen LogP contribution in [-0.4, -0.2) is 46.0 Å². The molecule has 3 heterocycles. The minimum absolute atomic E-state index is 0.200. The van der Waals surface area contributed by atoms with E-state index < -0.39 is 0 Å². The normalized spacial score (nSPS) is 15.8. The van der Waals surface area contributed by atoms with Crippen molar-refractivity contribution in [1.29, 1.82) is 0 Å². The molecule has 0 radical (unpaired) electrons. The van der Waals surface area contributed by atoms with Crippen molar-refractivity contribution in [3.8, 4) is 0 Å². The number of rotatable bonds is 4. The van der Waals surface area contributed by atoms with Crippen LogP contribution in [0.5, 0.6) is 0 Å². The van der Waals surface area contributed by atoms with Gasteiger partial charge in [-0.1, -0.05) is 12.1 Å². The largest absolute Gasteiger partial charge is 0.351 e. The van der Waals surface area contributed by atoms with Crippen LogP contribution in [0, 0.1) is 6.92 Å². The average Bonchev–Trinajstić information content (AvgIpc) is 2.64. The van der Waals surface area contributed by atoms with Gasteiger partial charge in [0.15, 0.2) is 0 Å². The molecule has 1 saturated heterocycles. The highest BCUT2D eigenvalue weighted by atomic mass is 16.1. The highest BCUT2D eigenvalue weighted by Crippen LogP contribution is 2.24. The van der Waals surface area contributed by atoms with Crippen LogP contribution in [0.25, 0.3) is 10.9 Å². The van der Waals surface area contributed by atoms with E-state index in [1.165, 1.54) is 0 Å². The van der Waals surface area contributed by atoms with E-state index >= 15 is 0 Å². The molecule has 3 aromatic rings. The van der Waals surface area contributed by atoms with Crippen molar-refractivity contribution in [2.24, 2.45) is 0 Å². The smallest absolute Gasteiger partial charge is 0.261 e. The molecule has 4 rings (SSSR count). The molecule has 2 aromatic heterocycles. The lowest BCUT2D eigenvalue weighted by Crippen LogP contribution is -2.37. The molecular weight excluding hydrogens is 340 g/mol. The third-order valence-corrected chi connectivity index (χ3v) is 4.95. The van der Waals surface area contributed by atoms with Gasteiger partial charge in [-0.05, 0) is 63.7 Å². The van der Waals surface area contributed by atoms with E-state index in [1.54, 1.807) is 12.3 Å². The van der Waals surface area contributed by atoms with E-state index in [4.69, 9.17) is 0 Å². The van der Waals surface area contributed by atoms with Gasteiger partial charge < -0.3 is 20.5 Å². The van der Waals surface area contributed by atoms with Gasteiger partial charge in [0.1, 0.15) is 11.2 Å². The number of nitrogens with zero attached hydrogens (tertiary/aromatic N) is 3. The predicted molar refractivity (Wildman–Crippen MR) is 109 cm³/mol. The van der Waals surface area contributed by atoms with Crippen LogP contribution < -0.4 is 16.2 Å². The van der Waals surface area contributed by atoms with Gasteiger partial charge in [-0.25, -0.2) is 4.98 Å². The lowest BCUT2D eigenvalue weighted by Gasteiger charge is -2.29. The molecule has 0 atom stereocenters. The van der Waals surface area contributed by atoms with Crippen molar-refractivity contribution in [2.75, 3.05) is 30.8 Å². The van der Waals surface area contributed by atoms with Gasteiger partial charge in [-0.3, -0.25) is 4.79 Å². The van der Waals surface area contributed by atoms with E-state index in [9.17, 15) is 4.79 Å². The second kappa shape index (κ2) is 7.36. The number of nitrogens with one attached hydrogen (secondary N) is 3. The summed E-state index contributed by atoms with van der Waals surface area (Å²) in [6, 6.07) is 10.1. The van der Waals surface area contributed by atoms with Gasteiger partial charge in [0.25, 0.3) is 5.56 Å². The number of pyridine rings is 1. The molecule has 1 aliphatic heterocycles. The molecule has 3 N–H and O–H groups in total. The first-order valence-electron chi connectivity index (χ1n) is 9.27. The predicted octanol–water partition coefficient (Wildman–Crippen LogP) is 2.88. The molecule has 7 nitrogen and oxygen atoms in total. The van der Waals surface area contributed by atoms with Crippen molar-refractivity contribution in [1.82, 2.24) is 19.9 Å². The summed E-state index contributed by atoms with van der Waals surface area (Å²) in [7, 11) is 2.14. The summed E-state index contributed by atoms with van der Waals surface area (Å²) in [5.74, 6) is 1.07. The molecule has 1 aromatic carbocycles. The number of benzene rings is 1.